The first kappa shape index (κ1) is 27.0. The molecule has 0 aliphatic heterocycles. The Labute approximate surface area is 214 Å². The van der Waals surface area contributed by atoms with Gasteiger partial charge in [-0.25, -0.2) is 0 Å². The molecule has 10 heteroatoms. The second-order valence-corrected chi connectivity index (χ2v) is 8.69. The van der Waals surface area contributed by atoms with Gasteiger partial charge in [0.25, 0.3) is 10.1 Å². The summed E-state index contributed by atoms with van der Waals surface area (Å²) in [5.41, 5.74) is 0.459. The van der Waals surface area contributed by atoms with Crippen molar-refractivity contribution in [3.63, 3.8) is 0 Å². The number of ether oxygens (including phenoxy) is 1. The van der Waals surface area contributed by atoms with Gasteiger partial charge in [-0.3, -0.25) is 13.6 Å². The van der Waals surface area contributed by atoms with E-state index in [0.29, 0.717) is 18.6 Å². The van der Waals surface area contributed by atoms with Gasteiger partial charge in [0.2, 0.25) is 0 Å². The van der Waals surface area contributed by atoms with E-state index < -0.39 is 23.8 Å². The van der Waals surface area contributed by atoms with Crippen LogP contribution in [-0.4, -0.2) is 74.7 Å². The normalized spacial score (nSPS) is 13.3. The van der Waals surface area contributed by atoms with E-state index in [9.17, 15) is 13.0 Å². The quantitative estimate of drug-likeness (QED) is 0.294. The fourth-order valence-corrected chi connectivity index (χ4v) is 4.31. The first-order valence-electron chi connectivity index (χ1n) is 8.99. The molecule has 0 amide bonds. The molecule has 0 aliphatic rings. The third-order valence-electron chi connectivity index (χ3n) is 4.07. The second-order valence-electron chi connectivity index (χ2n) is 6.36. The molecule has 0 aliphatic carbocycles. The van der Waals surface area contributed by atoms with Crippen molar-refractivity contribution < 1.29 is 31.7 Å². The molecule has 0 fully saturated rings. The Morgan fingerprint density at radius 3 is 2.31 bits per heavy atom. The molecule has 0 heterocycles. The van der Waals surface area contributed by atoms with Crippen LogP contribution in [-0.2, 0) is 32.0 Å². The molecule has 156 valence electrons. The van der Waals surface area contributed by atoms with Gasteiger partial charge in [0.1, 0.15) is 11.5 Å². The molecule has 0 bridgehead atoms. The van der Waals surface area contributed by atoms with E-state index in [4.69, 9.17) is 14.2 Å². The van der Waals surface area contributed by atoms with Crippen LogP contribution in [0.15, 0.2) is 48.5 Å². The van der Waals surface area contributed by atoms with Crippen LogP contribution >= 0.6 is 8.25 Å². The number of hydrogen-bond acceptors (Lipinski definition) is 5. The van der Waals surface area contributed by atoms with Crippen LogP contribution in [0.4, 0.5) is 0 Å². The molecule has 2 N–H and O–H groups in total. The van der Waals surface area contributed by atoms with Crippen LogP contribution < -0.4 is 4.74 Å². The summed E-state index contributed by atoms with van der Waals surface area (Å²) < 4.78 is 52.5. The van der Waals surface area contributed by atoms with Crippen LogP contribution in [0.25, 0.3) is 0 Å². The minimum atomic E-state index is -4.55. The summed E-state index contributed by atoms with van der Waals surface area (Å²) in [5, 5.41) is 0. The van der Waals surface area contributed by atoms with E-state index in [-0.39, 0.29) is 57.8 Å². The van der Waals surface area contributed by atoms with Crippen LogP contribution in [0, 0.1) is 0 Å². The van der Waals surface area contributed by atoms with Crippen molar-refractivity contribution in [3.05, 3.63) is 59.7 Å². The molecule has 2 aromatic carbocycles. The monoisotopic (exact) mass is 468 g/mol. The number of aryl methyl sites for hydroxylation is 2. The van der Waals surface area contributed by atoms with Gasteiger partial charge < -0.3 is 9.63 Å². The molecule has 2 rings (SSSR count). The fourth-order valence-electron chi connectivity index (χ4n) is 2.77. The Bertz CT molecular complexity index is 888. The zero-order chi connectivity index (χ0) is 20.6. The van der Waals surface area contributed by atoms with Crippen molar-refractivity contribution in [2.24, 2.45) is 0 Å². The Morgan fingerprint density at radius 2 is 1.72 bits per heavy atom. The van der Waals surface area contributed by atoms with E-state index in [2.05, 4.69) is 11.4 Å². The molecule has 0 radical (unpaired) electrons. The topological polar surface area (TPSA) is 110 Å². The van der Waals surface area contributed by atoms with Crippen LogP contribution in [0.3, 0.4) is 0 Å². The molecule has 2 atom stereocenters. The molecular formula is C19H26KO7PS. The average molecular weight is 469 g/mol. The molecule has 2 unspecified atom stereocenters. The number of benzene rings is 2. The molecule has 0 saturated heterocycles. The van der Waals surface area contributed by atoms with Crippen molar-refractivity contribution in [1.82, 2.24) is 0 Å². The van der Waals surface area contributed by atoms with Gasteiger partial charge in [0, 0.05) is 0 Å². The zero-order valence-corrected chi connectivity index (χ0v) is 17.4. The van der Waals surface area contributed by atoms with Crippen LogP contribution in [0.5, 0.6) is 11.5 Å². The van der Waals surface area contributed by atoms with Gasteiger partial charge in [-0.1, -0.05) is 37.6 Å². The molecule has 29 heavy (non-hydrogen) atoms. The Hall–Kier alpha value is -0.0636. The van der Waals surface area contributed by atoms with E-state index in [1.54, 1.807) is 0 Å². The van der Waals surface area contributed by atoms with Crippen molar-refractivity contribution in [1.29, 1.82) is 0 Å². The summed E-state index contributed by atoms with van der Waals surface area (Å²) in [6.07, 6.45) is 2.85. The molecule has 0 aromatic heterocycles. The Kier molecular flexibility index (Phi) is 12.4. The first-order valence-corrected chi connectivity index (χ1v) is 11.8. The van der Waals surface area contributed by atoms with Crippen molar-refractivity contribution in [2.75, 3.05) is 0 Å². The van der Waals surface area contributed by atoms with Crippen molar-refractivity contribution in [2.45, 2.75) is 44.5 Å². The van der Waals surface area contributed by atoms with Gasteiger partial charge >= 0.3 is 59.6 Å². The summed E-state index contributed by atoms with van der Waals surface area (Å²) in [6.45, 7) is 2.13. The van der Waals surface area contributed by atoms with Crippen molar-refractivity contribution in [3.8, 4) is 11.5 Å². The Morgan fingerprint density at radius 1 is 1.03 bits per heavy atom. The molecule has 0 spiro atoms. The number of hydrogen-bond donors (Lipinski definition) is 2. The maximum atomic E-state index is 11.2. The van der Waals surface area contributed by atoms with E-state index >= 15 is 0 Å². The van der Waals surface area contributed by atoms with Crippen LogP contribution in [0.2, 0.25) is 0 Å². The zero-order valence-electron chi connectivity index (χ0n) is 15.6. The van der Waals surface area contributed by atoms with Gasteiger partial charge in [-0.05, 0) is 61.1 Å². The number of rotatable bonds is 11. The predicted octanol–water partition coefficient (Wildman–Crippen LogP) is 3.72. The summed E-state index contributed by atoms with van der Waals surface area (Å²) in [6, 6.07) is 15.3. The molecule has 7 nitrogen and oxygen atoms in total. The third-order valence-corrected chi connectivity index (χ3v) is 5.72. The van der Waals surface area contributed by atoms with Gasteiger partial charge in [-0.15, -0.1) is 0 Å². The van der Waals surface area contributed by atoms with E-state index in [1.165, 1.54) is 5.56 Å². The standard InChI is InChI=1S/C19H25O7PS.K.H/c1-2-5-15-10-12-17(13-11-15)25-18-8-3-6-16(14-18)7-4-9-19(26-27(20)21)28(22,23)24;;/h3,6,8,10-14,19,27H,2,4-5,7,9H2,1H3,(H,20,21)(H,22,23,24);;. The van der Waals surface area contributed by atoms with E-state index in [1.807, 2.05) is 48.5 Å². The third kappa shape index (κ3) is 10.2. The Balaban J connectivity index is 0.00000420. The van der Waals surface area contributed by atoms with Gasteiger partial charge in [0.15, 0.2) is 5.44 Å². The average Bonchev–Trinajstić information content (AvgIpc) is 2.62. The summed E-state index contributed by atoms with van der Waals surface area (Å²) in [7, 11) is -8.02. The summed E-state index contributed by atoms with van der Waals surface area (Å²) in [4.78, 5) is 8.76. The van der Waals surface area contributed by atoms with Crippen LogP contribution in [0.1, 0.15) is 37.3 Å². The maximum absolute atomic E-state index is 11.2. The minimum absolute atomic E-state index is 0. The van der Waals surface area contributed by atoms with E-state index in [0.717, 1.165) is 24.2 Å². The fraction of sp³-hybridized carbons (Fsp3) is 0.368. The molecule has 2 aromatic rings. The SMILES string of the molecule is CCCc1ccc(Oc2cccc(CCCC(O[PH](=O)O)S(=O)(=O)O)c2)cc1.[KH]. The predicted molar refractivity (Wildman–Crippen MR) is 115 cm³/mol. The summed E-state index contributed by atoms with van der Waals surface area (Å²) in [5.74, 6) is 1.38. The summed E-state index contributed by atoms with van der Waals surface area (Å²) >= 11 is 0. The first-order chi connectivity index (χ1) is 13.3. The molecular weight excluding hydrogens is 442 g/mol. The van der Waals surface area contributed by atoms with Gasteiger partial charge in [0.05, 0.1) is 0 Å². The molecule has 0 saturated carbocycles. The second kappa shape index (κ2) is 13.4. The van der Waals surface area contributed by atoms with Gasteiger partial charge in [-0.2, -0.15) is 8.42 Å². The van der Waals surface area contributed by atoms with Crippen molar-refractivity contribution >= 4 is 69.8 Å².